The van der Waals surface area contributed by atoms with E-state index in [9.17, 15) is 9.59 Å². The largest absolute Gasteiger partial charge is 0.460 e. The minimum atomic E-state index is -0.175. The van der Waals surface area contributed by atoms with E-state index in [0.717, 1.165) is 5.76 Å². The third-order valence-corrected chi connectivity index (χ3v) is 5.82. The van der Waals surface area contributed by atoms with Crippen LogP contribution >= 0.6 is 23.2 Å². The van der Waals surface area contributed by atoms with Gasteiger partial charge < -0.3 is 14.2 Å². The highest BCUT2D eigenvalue weighted by Gasteiger charge is 2.27. The van der Waals surface area contributed by atoms with Gasteiger partial charge in [0.25, 0.3) is 5.91 Å². The van der Waals surface area contributed by atoms with E-state index in [4.69, 9.17) is 27.6 Å². The van der Waals surface area contributed by atoms with Gasteiger partial charge in [0.1, 0.15) is 17.1 Å². The number of carbonyl (C=O) groups excluding carboxylic acids is 2. The SMILES string of the molecule is CC(=O)N1CCN(C(=O)c2cc(-c3ccc(C)o3)nn2-c2ccc(Cl)c(Cl)c2)CC1. The van der Waals surface area contributed by atoms with E-state index in [-0.39, 0.29) is 11.8 Å². The molecule has 2 aromatic heterocycles. The zero-order chi connectivity index (χ0) is 21.4. The fourth-order valence-electron chi connectivity index (χ4n) is 3.43. The number of aromatic nitrogens is 2. The monoisotopic (exact) mass is 446 g/mol. The maximum atomic E-state index is 13.3. The van der Waals surface area contributed by atoms with Crippen molar-refractivity contribution in [3.8, 4) is 17.1 Å². The summed E-state index contributed by atoms with van der Waals surface area (Å²) in [4.78, 5) is 28.4. The Balaban J connectivity index is 1.72. The Labute approximate surface area is 183 Å². The molecule has 1 aromatic carbocycles. The highest BCUT2D eigenvalue weighted by molar-refractivity contribution is 6.42. The van der Waals surface area contributed by atoms with E-state index in [2.05, 4.69) is 5.10 Å². The number of aryl methyl sites for hydroxylation is 1. The molecule has 1 fully saturated rings. The predicted octanol–water partition coefficient (Wildman–Crippen LogP) is 4.05. The van der Waals surface area contributed by atoms with Crippen molar-refractivity contribution >= 4 is 35.0 Å². The Morgan fingerprint density at radius 3 is 2.27 bits per heavy atom. The average molecular weight is 447 g/mol. The van der Waals surface area contributed by atoms with Gasteiger partial charge in [-0.1, -0.05) is 23.2 Å². The predicted molar refractivity (Wildman–Crippen MR) is 114 cm³/mol. The summed E-state index contributed by atoms with van der Waals surface area (Å²) >= 11 is 12.2. The zero-order valence-corrected chi connectivity index (χ0v) is 18.1. The summed E-state index contributed by atoms with van der Waals surface area (Å²) in [6.07, 6.45) is 0. The number of hydrogen-bond donors (Lipinski definition) is 0. The second-order valence-electron chi connectivity index (χ2n) is 7.13. The van der Waals surface area contributed by atoms with E-state index in [1.54, 1.807) is 38.7 Å². The normalized spacial score (nSPS) is 14.3. The summed E-state index contributed by atoms with van der Waals surface area (Å²) in [6, 6.07) is 10.5. The molecule has 0 bridgehead atoms. The fraction of sp³-hybridized carbons (Fsp3) is 0.286. The lowest BCUT2D eigenvalue weighted by Crippen LogP contribution is -2.50. The molecule has 0 N–H and O–H groups in total. The summed E-state index contributed by atoms with van der Waals surface area (Å²) < 4.78 is 7.24. The first kappa shape index (κ1) is 20.5. The van der Waals surface area contributed by atoms with Crippen molar-refractivity contribution in [3.63, 3.8) is 0 Å². The number of nitrogens with zero attached hydrogens (tertiary/aromatic N) is 4. The van der Waals surface area contributed by atoms with Crippen LogP contribution in [0.3, 0.4) is 0 Å². The molecule has 2 amide bonds. The van der Waals surface area contributed by atoms with Gasteiger partial charge in [0.05, 0.1) is 15.7 Å². The van der Waals surface area contributed by atoms with Crippen molar-refractivity contribution in [2.75, 3.05) is 26.2 Å². The van der Waals surface area contributed by atoms with Crippen molar-refractivity contribution in [1.82, 2.24) is 19.6 Å². The van der Waals surface area contributed by atoms with Crippen molar-refractivity contribution in [1.29, 1.82) is 0 Å². The molecule has 1 saturated heterocycles. The van der Waals surface area contributed by atoms with Gasteiger partial charge in [0.2, 0.25) is 5.91 Å². The second kappa shape index (κ2) is 8.16. The maximum Gasteiger partial charge on any atom is 0.272 e. The number of furan rings is 1. The molecule has 4 rings (SSSR count). The molecule has 156 valence electrons. The van der Waals surface area contributed by atoms with Gasteiger partial charge in [-0.15, -0.1) is 0 Å². The smallest absolute Gasteiger partial charge is 0.272 e. The molecular weight excluding hydrogens is 427 g/mol. The molecule has 0 radical (unpaired) electrons. The molecule has 0 atom stereocenters. The van der Waals surface area contributed by atoms with Crippen LogP contribution in [0.2, 0.25) is 10.0 Å². The van der Waals surface area contributed by atoms with Crippen LogP contribution in [0.15, 0.2) is 40.8 Å². The van der Waals surface area contributed by atoms with Gasteiger partial charge in [-0.3, -0.25) is 9.59 Å². The summed E-state index contributed by atoms with van der Waals surface area (Å²) in [6.45, 7) is 5.31. The van der Waals surface area contributed by atoms with Crippen LogP contribution in [-0.2, 0) is 4.79 Å². The van der Waals surface area contributed by atoms with E-state index >= 15 is 0 Å². The first-order chi connectivity index (χ1) is 14.3. The fourth-order valence-corrected chi connectivity index (χ4v) is 3.72. The molecule has 0 unspecified atom stereocenters. The summed E-state index contributed by atoms with van der Waals surface area (Å²) in [5, 5.41) is 5.39. The van der Waals surface area contributed by atoms with E-state index in [0.29, 0.717) is 59.1 Å². The first-order valence-electron chi connectivity index (χ1n) is 9.50. The van der Waals surface area contributed by atoms with Crippen molar-refractivity contribution in [2.24, 2.45) is 0 Å². The number of carbonyl (C=O) groups is 2. The third-order valence-electron chi connectivity index (χ3n) is 5.08. The van der Waals surface area contributed by atoms with Crippen LogP contribution in [0, 0.1) is 6.92 Å². The number of rotatable bonds is 3. The third kappa shape index (κ3) is 3.95. The molecule has 3 aromatic rings. The van der Waals surface area contributed by atoms with Crippen LogP contribution in [0.25, 0.3) is 17.1 Å². The van der Waals surface area contributed by atoms with Crippen LogP contribution in [0.1, 0.15) is 23.2 Å². The zero-order valence-electron chi connectivity index (χ0n) is 16.6. The summed E-state index contributed by atoms with van der Waals surface area (Å²) in [5.74, 6) is 1.16. The average Bonchev–Trinajstić information content (AvgIpc) is 3.36. The van der Waals surface area contributed by atoms with Crippen LogP contribution < -0.4 is 0 Å². The lowest BCUT2D eigenvalue weighted by molar-refractivity contribution is -0.130. The number of halogens is 2. The van der Waals surface area contributed by atoms with Gasteiger partial charge in [-0.05, 0) is 37.3 Å². The number of hydrogen-bond acceptors (Lipinski definition) is 4. The Morgan fingerprint density at radius 2 is 1.67 bits per heavy atom. The van der Waals surface area contributed by atoms with Gasteiger partial charge >= 0.3 is 0 Å². The number of amides is 2. The first-order valence-corrected chi connectivity index (χ1v) is 10.3. The maximum absolute atomic E-state index is 13.3. The van der Waals surface area contributed by atoms with E-state index < -0.39 is 0 Å². The summed E-state index contributed by atoms with van der Waals surface area (Å²) in [7, 11) is 0. The Kier molecular flexibility index (Phi) is 5.58. The second-order valence-corrected chi connectivity index (χ2v) is 7.95. The number of benzene rings is 1. The molecule has 3 heterocycles. The molecule has 9 heteroatoms. The lowest BCUT2D eigenvalue weighted by Gasteiger charge is -2.34. The van der Waals surface area contributed by atoms with Crippen molar-refractivity contribution in [3.05, 3.63) is 57.9 Å². The van der Waals surface area contributed by atoms with Gasteiger partial charge in [0, 0.05) is 39.2 Å². The molecule has 1 aliphatic rings. The molecule has 0 aliphatic carbocycles. The minimum Gasteiger partial charge on any atom is -0.460 e. The molecular formula is C21H20Cl2N4O3. The molecule has 0 spiro atoms. The quantitative estimate of drug-likeness (QED) is 0.608. The van der Waals surface area contributed by atoms with Gasteiger partial charge in [-0.25, -0.2) is 4.68 Å². The Bertz CT molecular complexity index is 1110. The van der Waals surface area contributed by atoms with Gasteiger partial charge in [-0.2, -0.15) is 5.10 Å². The molecule has 7 nitrogen and oxygen atoms in total. The lowest BCUT2D eigenvalue weighted by atomic mass is 10.2. The van der Waals surface area contributed by atoms with Gasteiger partial charge in [0.15, 0.2) is 5.76 Å². The highest BCUT2D eigenvalue weighted by Crippen LogP contribution is 2.28. The van der Waals surface area contributed by atoms with Crippen molar-refractivity contribution in [2.45, 2.75) is 13.8 Å². The van der Waals surface area contributed by atoms with E-state index in [1.165, 1.54) is 6.92 Å². The Hall–Kier alpha value is -2.77. The minimum absolute atomic E-state index is 0.0124. The van der Waals surface area contributed by atoms with Crippen LogP contribution in [-0.4, -0.2) is 57.6 Å². The van der Waals surface area contributed by atoms with Crippen LogP contribution in [0.4, 0.5) is 0 Å². The summed E-state index contributed by atoms with van der Waals surface area (Å²) in [5.41, 5.74) is 1.54. The van der Waals surface area contributed by atoms with Crippen LogP contribution in [0.5, 0.6) is 0 Å². The molecule has 30 heavy (non-hydrogen) atoms. The molecule has 1 aliphatic heterocycles. The van der Waals surface area contributed by atoms with Crippen molar-refractivity contribution < 1.29 is 14.0 Å². The van der Waals surface area contributed by atoms with E-state index in [1.807, 2.05) is 19.1 Å². The number of piperazine rings is 1. The topological polar surface area (TPSA) is 71.6 Å². The molecule has 0 saturated carbocycles. The Morgan fingerprint density at radius 1 is 0.967 bits per heavy atom. The highest BCUT2D eigenvalue weighted by atomic mass is 35.5. The standard InChI is InChI=1S/C21H20Cl2N4O3/c1-13-3-6-20(30-13)18-12-19(21(29)26-9-7-25(8-10-26)14(2)28)27(24-18)15-4-5-16(22)17(23)11-15/h3-6,11-12H,7-10H2,1-2H3.